The van der Waals surface area contributed by atoms with Gasteiger partial charge in [0.1, 0.15) is 5.75 Å². The first kappa shape index (κ1) is 28.2. The molecule has 36 heavy (non-hydrogen) atoms. The second-order valence-corrected chi connectivity index (χ2v) is 11.0. The lowest BCUT2D eigenvalue weighted by molar-refractivity contribution is -0.683. The number of rotatable bonds is 16. The van der Waals surface area contributed by atoms with Gasteiger partial charge in [-0.25, -0.2) is 0 Å². The summed E-state index contributed by atoms with van der Waals surface area (Å²) in [6, 6.07) is 13.1. The Kier molecular flexibility index (Phi) is 12.3. The molecule has 0 aliphatic rings. The number of aryl methyl sites for hydroxylation is 1. The van der Waals surface area contributed by atoms with Gasteiger partial charge >= 0.3 is 0 Å². The molecule has 0 spiro atoms. The molecular formula is C30H40ClN2O2S+. The largest absolute Gasteiger partial charge is 0.491 e. The van der Waals surface area contributed by atoms with E-state index in [4.69, 9.17) is 16.3 Å². The SMILES string of the molecule is CCCCCCCCCCCCOc1cc(Cl)ccc1NC(=O)c1cccc(C[n+]2csc(C)c2)c1. The third-order valence-corrected chi connectivity index (χ3v) is 7.31. The molecule has 1 heterocycles. The maximum absolute atomic E-state index is 13.0. The monoisotopic (exact) mass is 527 g/mol. The van der Waals surface area contributed by atoms with E-state index in [1.54, 1.807) is 23.5 Å². The molecule has 1 amide bonds. The van der Waals surface area contributed by atoms with Gasteiger partial charge in [0.15, 0.2) is 12.7 Å². The molecule has 0 radical (unpaired) electrons. The molecule has 0 saturated carbocycles. The summed E-state index contributed by atoms with van der Waals surface area (Å²) in [5.41, 5.74) is 4.44. The van der Waals surface area contributed by atoms with E-state index in [2.05, 4.69) is 35.4 Å². The zero-order valence-corrected chi connectivity index (χ0v) is 23.3. The van der Waals surface area contributed by atoms with Crippen LogP contribution in [-0.4, -0.2) is 12.5 Å². The highest BCUT2D eigenvalue weighted by Crippen LogP contribution is 2.29. The number of ether oxygens (including phenoxy) is 1. The van der Waals surface area contributed by atoms with Crippen LogP contribution in [0.4, 0.5) is 5.69 Å². The topological polar surface area (TPSA) is 42.2 Å². The van der Waals surface area contributed by atoms with Gasteiger partial charge in [-0.3, -0.25) is 4.79 Å². The van der Waals surface area contributed by atoms with E-state index in [1.165, 1.54) is 56.2 Å². The highest BCUT2D eigenvalue weighted by Gasteiger charge is 2.13. The van der Waals surface area contributed by atoms with Crippen molar-refractivity contribution in [3.63, 3.8) is 0 Å². The highest BCUT2D eigenvalue weighted by atomic mass is 35.5. The molecule has 0 fully saturated rings. The summed E-state index contributed by atoms with van der Waals surface area (Å²) < 4.78 is 8.17. The number of carbonyl (C=O) groups excluding carboxylic acids is 1. The van der Waals surface area contributed by atoms with Crippen molar-refractivity contribution in [2.24, 2.45) is 0 Å². The number of unbranched alkanes of at least 4 members (excludes halogenated alkanes) is 9. The molecule has 6 heteroatoms. The van der Waals surface area contributed by atoms with Crippen molar-refractivity contribution in [2.45, 2.75) is 84.6 Å². The molecule has 0 unspecified atom stereocenters. The third kappa shape index (κ3) is 9.94. The van der Waals surface area contributed by atoms with Crippen molar-refractivity contribution < 1.29 is 14.1 Å². The van der Waals surface area contributed by atoms with Crippen molar-refractivity contribution in [3.05, 3.63) is 75.2 Å². The van der Waals surface area contributed by atoms with E-state index in [0.717, 1.165) is 24.9 Å². The van der Waals surface area contributed by atoms with Gasteiger partial charge in [-0.2, -0.15) is 4.57 Å². The normalized spacial score (nSPS) is 11.0. The van der Waals surface area contributed by atoms with Crippen molar-refractivity contribution in [2.75, 3.05) is 11.9 Å². The van der Waals surface area contributed by atoms with Crippen LogP contribution in [0, 0.1) is 6.92 Å². The fourth-order valence-corrected chi connectivity index (χ4v) is 5.03. The number of hydrogen-bond donors (Lipinski definition) is 1. The predicted octanol–water partition coefficient (Wildman–Crippen LogP) is 8.60. The van der Waals surface area contributed by atoms with Crippen LogP contribution in [0.3, 0.4) is 0 Å². The maximum Gasteiger partial charge on any atom is 0.255 e. The van der Waals surface area contributed by atoms with Gasteiger partial charge in [-0.05, 0) is 37.6 Å². The Morgan fingerprint density at radius 2 is 1.69 bits per heavy atom. The molecule has 0 aliphatic heterocycles. The van der Waals surface area contributed by atoms with Crippen LogP contribution < -0.4 is 14.6 Å². The smallest absolute Gasteiger partial charge is 0.255 e. The van der Waals surface area contributed by atoms with Gasteiger partial charge < -0.3 is 10.1 Å². The highest BCUT2D eigenvalue weighted by molar-refractivity contribution is 7.09. The summed E-state index contributed by atoms with van der Waals surface area (Å²) in [5.74, 6) is 0.460. The number of benzene rings is 2. The summed E-state index contributed by atoms with van der Waals surface area (Å²) in [6.45, 7) is 5.70. The first-order valence-corrected chi connectivity index (χ1v) is 14.6. The zero-order valence-electron chi connectivity index (χ0n) is 21.7. The third-order valence-electron chi connectivity index (χ3n) is 6.22. The summed E-state index contributed by atoms with van der Waals surface area (Å²) in [7, 11) is 0. The Morgan fingerprint density at radius 1 is 0.972 bits per heavy atom. The van der Waals surface area contributed by atoms with Crippen molar-refractivity contribution in [1.82, 2.24) is 0 Å². The van der Waals surface area contributed by atoms with Crippen molar-refractivity contribution in [1.29, 1.82) is 0 Å². The minimum absolute atomic E-state index is 0.158. The number of hydrogen-bond acceptors (Lipinski definition) is 3. The molecule has 4 nitrogen and oxygen atoms in total. The van der Waals surface area contributed by atoms with E-state index >= 15 is 0 Å². The van der Waals surface area contributed by atoms with Crippen LogP contribution in [0.15, 0.2) is 54.2 Å². The van der Waals surface area contributed by atoms with Crippen LogP contribution in [0.2, 0.25) is 5.02 Å². The standard InChI is InChI=1S/C30H39ClN2O2S/c1-3-4-5-6-7-8-9-10-11-12-18-35-29-20-27(31)16-17-28(29)32-30(34)26-15-13-14-25(19-26)22-33-21-24(2)36-23-33/h13-17,19-21,23H,3-12,18,22H2,1-2H3/p+1. The van der Waals surface area contributed by atoms with E-state index < -0.39 is 0 Å². The van der Waals surface area contributed by atoms with Crippen LogP contribution in [0.25, 0.3) is 0 Å². The number of anilines is 1. The van der Waals surface area contributed by atoms with Gasteiger partial charge in [-0.1, -0.05) is 99.8 Å². The Balaban J connectivity index is 1.46. The minimum Gasteiger partial charge on any atom is -0.491 e. The first-order chi connectivity index (χ1) is 17.5. The predicted molar refractivity (Wildman–Crippen MR) is 152 cm³/mol. The number of halogens is 1. The van der Waals surface area contributed by atoms with E-state index in [-0.39, 0.29) is 5.91 Å². The minimum atomic E-state index is -0.158. The lowest BCUT2D eigenvalue weighted by Crippen LogP contribution is -2.30. The van der Waals surface area contributed by atoms with E-state index in [0.29, 0.717) is 28.6 Å². The fourth-order valence-electron chi connectivity index (χ4n) is 4.23. The first-order valence-electron chi connectivity index (χ1n) is 13.3. The summed E-state index contributed by atoms with van der Waals surface area (Å²) in [6.07, 6.45) is 14.9. The molecule has 0 aliphatic carbocycles. The number of carbonyl (C=O) groups is 1. The molecule has 1 N–H and O–H groups in total. The Morgan fingerprint density at radius 3 is 2.39 bits per heavy atom. The second kappa shape index (κ2) is 15.7. The molecule has 0 atom stereocenters. The van der Waals surface area contributed by atoms with Gasteiger partial charge in [0.25, 0.3) is 5.91 Å². The molecular weight excluding hydrogens is 488 g/mol. The Labute approximate surface area is 225 Å². The van der Waals surface area contributed by atoms with E-state index in [1.807, 2.05) is 30.3 Å². The summed E-state index contributed by atoms with van der Waals surface area (Å²) in [5, 5.41) is 3.61. The van der Waals surface area contributed by atoms with Gasteiger partial charge in [-0.15, -0.1) is 0 Å². The van der Waals surface area contributed by atoms with Crippen LogP contribution in [0.5, 0.6) is 5.75 Å². The zero-order chi connectivity index (χ0) is 25.6. The number of aromatic nitrogens is 1. The average molecular weight is 528 g/mol. The molecule has 3 rings (SSSR count). The van der Waals surface area contributed by atoms with Crippen LogP contribution in [-0.2, 0) is 6.54 Å². The fraction of sp³-hybridized carbons (Fsp3) is 0.467. The van der Waals surface area contributed by atoms with Gasteiger partial charge in [0, 0.05) is 22.2 Å². The number of thiazole rings is 1. The average Bonchev–Trinajstić information content (AvgIpc) is 3.28. The molecule has 2 aromatic carbocycles. The Bertz CT molecular complexity index is 1080. The Hall–Kier alpha value is -2.37. The molecule has 0 bridgehead atoms. The number of nitrogens with one attached hydrogen (secondary N) is 1. The van der Waals surface area contributed by atoms with Crippen LogP contribution >= 0.6 is 22.9 Å². The summed E-state index contributed by atoms with van der Waals surface area (Å²) in [4.78, 5) is 14.3. The lowest BCUT2D eigenvalue weighted by Gasteiger charge is -2.13. The number of amides is 1. The van der Waals surface area contributed by atoms with Crippen molar-refractivity contribution >= 4 is 34.5 Å². The molecule has 3 aromatic rings. The molecule has 194 valence electrons. The maximum atomic E-state index is 13.0. The molecule has 1 aromatic heterocycles. The van der Waals surface area contributed by atoms with E-state index in [9.17, 15) is 4.79 Å². The van der Waals surface area contributed by atoms with Gasteiger partial charge in [0.2, 0.25) is 5.51 Å². The second-order valence-electron chi connectivity index (χ2n) is 9.46. The lowest BCUT2D eigenvalue weighted by atomic mass is 10.1. The molecule has 0 saturated heterocycles. The number of nitrogens with zero attached hydrogens (tertiary/aromatic N) is 1. The quantitative estimate of drug-likeness (QED) is 0.150. The van der Waals surface area contributed by atoms with Crippen molar-refractivity contribution in [3.8, 4) is 5.75 Å². The van der Waals surface area contributed by atoms with Gasteiger partial charge in [0.05, 0.1) is 17.2 Å². The summed E-state index contributed by atoms with van der Waals surface area (Å²) >= 11 is 7.93. The van der Waals surface area contributed by atoms with Crippen LogP contribution in [0.1, 0.15) is 91.9 Å².